The van der Waals surface area contributed by atoms with Crippen molar-refractivity contribution < 1.29 is 9.15 Å². The number of nitrogens with two attached hydrogens (primary N) is 1. The number of nitriles is 1. The highest BCUT2D eigenvalue weighted by Crippen LogP contribution is 2.35. The fourth-order valence-corrected chi connectivity index (χ4v) is 2.07. The molecule has 5 heteroatoms. The van der Waals surface area contributed by atoms with Gasteiger partial charge < -0.3 is 14.9 Å². The summed E-state index contributed by atoms with van der Waals surface area (Å²) in [5.41, 5.74) is 7.36. The number of hydrogen-bond acceptors (Lipinski definition) is 5. The molecule has 2 aromatic heterocycles. The van der Waals surface area contributed by atoms with Crippen molar-refractivity contribution in [3.8, 4) is 17.7 Å². The van der Waals surface area contributed by atoms with Gasteiger partial charge in [-0.05, 0) is 30.7 Å². The van der Waals surface area contributed by atoms with Crippen LogP contribution in [0, 0.1) is 11.3 Å². The lowest BCUT2D eigenvalue weighted by atomic mass is 10.1. The predicted octanol–water partition coefficient (Wildman–Crippen LogP) is 3.51. The predicted molar refractivity (Wildman–Crippen MR) is 77.8 cm³/mol. The second kappa shape index (κ2) is 5.27. The Labute approximate surface area is 121 Å². The second-order valence-corrected chi connectivity index (χ2v) is 4.69. The van der Waals surface area contributed by atoms with Crippen molar-refractivity contribution >= 4 is 11.0 Å². The molecule has 1 unspecified atom stereocenters. The van der Waals surface area contributed by atoms with Crippen LogP contribution >= 0.6 is 0 Å². The zero-order valence-electron chi connectivity index (χ0n) is 11.4. The van der Waals surface area contributed by atoms with Crippen molar-refractivity contribution in [2.24, 2.45) is 5.73 Å². The van der Waals surface area contributed by atoms with E-state index >= 15 is 0 Å². The highest BCUT2D eigenvalue weighted by atomic mass is 16.5. The van der Waals surface area contributed by atoms with Crippen molar-refractivity contribution in [2.45, 2.75) is 13.0 Å². The molecule has 5 nitrogen and oxygen atoms in total. The third-order valence-corrected chi connectivity index (χ3v) is 3.14. The molecule has 0 bridgehead atoms. The van der Waals surface area contributed by atoms with Crippen molar-refractivity contribution in [1.29, 1.82) is 5.26 Å². The molecule has 0 saturated heterocycles. The van der Waals surface area contributed by atoms with E-state index in [4.69, 9.17) is 14.9 Å². The van der Waals surface area contributed by atoms with Gasteiger partial charge in [0, 0.05) is 18.3 Å². The number of ether oxygens (including phenoxy) is 1. The van der Waals surface area contributed by atoms with E-state index in [9.17, 15) is 5.26 Å². The van der Waals surface area contributed by atoms with Crippen molar-refractivity contribution in [2.75, 3.05) is 0 Å². The molecule has 0 aliphatic heterocycles. The second-order valence-electron chi connectivity index (χ2n) is 4.69. The summed E-state index contributed by atoms with van der Waals surface area (Å²) in [6.07, 6.45) is 1.63. The Balaban J connectivity index is 2.06. The highest BCUT2D eigenvalue weighted by Gasteiger charge is 2.16. The zero-order valence-corrected chi connectivity index (χ0v) is 11.4. The van der Waals surface area contributed by atoms with Crippen LogP contribution in [0.25, 0.3) is 11.0 Å². The molecule has 2 N–H and O–H groups in total. The van der Waals surface area contributed by atoms with E-state index in [-0.39, 0.29) is 11.8 Å². The minimum Gasteiger partial charge on any atom is -0.442 e. The summed E-state index contributed by atoms with van der Waals surface area (Å²) in [5, 5.41) is 9.91. The minimum absolute atomic E-state index is 0.119. The third kappa shape index (κ3) is 2.45. The average molecular weight is 279 g/mol. The van der Waals surface area contributed by atoms with E-state index in [0.717, 1.165) is 10.9 Å². The molecule has 1 atom stereocenters. The number of furan rings is 1. The quantitative estimate of drug-likeness (QED) is 0.792. The molecule has 0 saturated carbocycles. The van der Waals surface area contributed by atoms with Gasteiger partial charge in [-0.1, -0.05) is 12.1 Å². The maximum Gasteiger partial charge on any atom is 0.247 e. The lowest BCUT2D eigenvalue weighted by Crippen LogP contribution is -2.05. The molecule has 0 aliphatic rings. The molecular weight excluding hydrogens is 266 g/mol. The van der Waals surface area contributed by atoms with Gasteiger partial charge in [-0.2, -0.15) is 5.26 Å². The van der Waals surface area contributed by atoms with Gasteiger partial charge in [0.1, 0.15) is 11.7 Å². The van der Waals surface area contributed by atoms with Gasteiger partial charge in [-0.25, -0.2) is 4.98 Å². The van der Waals surface area contributed by atoms with Crippen LogP contribution in [0.3, 0.4) is 0 Å². The number of benzene rings is 1. The van der Waals surface area contributed by atoms with Crippen LogP contribution in [-0.4, -0.2) is 4.98 Å². The lowest BCUT2D eigenvalue weighted by molar-refractivity contribution is 0.449. The summed E-state index contributed by atoms with van der Waals surface area (Å²) in [4.78, 5) is 4.15. The zero-order chi connectivity index (χ0) is 14.8. The molecule has 104 valence electrons. The lowest BCUT2D eigenvalue weighted by Gasteiger charge is -2.08. The third-order valence-electron chi connectivity index (χ3n) is 3.14. The van der Waals surface area contributed by atoms with Crippen molar-refractivity contribution in [3.63, 3.8) is 0 Å². The Morgan fingerprint density at radius 3 is 2.90 bits per heavy atom. The molecule has 21 heavy (non-hydrogen) atoms. The SMILES string of the molecule is CC(N)c1ccnc(Oc2c(C#N)oc3ccccc23)c1. The summed E-state index contributed by atoms with van der Waals surface area (Å²) in [6, 6.07) is 12.8. The topological polar surface area (TPSA) is 85.1 Å². The summed E-state index contributed by atoms with van der Waals surface area (Å²) < 4.78 is 11.2. The van der Waals surface area contributed by atoms with Gasteiger partial charge >= 0.3 is 0 Å². The highest BCUT2D eigenvalue weighted by molar-refractivity contribution is 5.86. The number of fused-ring (bicyclic) bond motifs is 1. The molecule has 0 amide bonds. The monoisotopic (exact) mass is 279 g/mol. The fourth-order valence-electron chi connectivity index (χ4n) is 2.07. The largest absolute Gasteiger partial charge is 0.442 e. The van der Waals surface area contributed by atoms with E-state index < -0.39 is 0 Å². The molecular formula is C16H13N3O2. The molecule has 1 aromatic carbocycles. The standard InChI is InChI=1S/C16H13N3O2/c1-10(18)11-6-7-19-15(8-11)21-16-12-4-2-3-5-13(12)20-14(16)9-17/h2-8,10H,18H2,1H3. The minimum atomic E-state index is -0.119. The van der Waals surface area contributed by atoms with Gasteiger partial charge in [0.2, 0.25) is 11.6 Å². The molecule has 0 radical (unpaired) electrons. The van der Waals surface area contributed by atoms with E-state index in [1.54, 1.807) is 18.3 Å². The molecule has 3 aromatic rings. The van der Waals surface area contributed by atoms with Gasteiger partial charge in [0.25, 0.3) is 0 Å². The molecule has 0 spiro atoms. The van der Waals surface area contributed by atoms with E-state index in [1.165, 1.54) is 0 Å². The summed E-state index contributed by atoms with van der Waals surface area (Å²) >= 11 is 0. The average Bonchev–Trinajstić information content (AvgIpc) is 2.86. The van der Waals surface area contributed by atoms with Gasteiger partial charge in [0.05, 0.1) is 5.39 Å². The number of hydrogen-bond donors (Lipinski definition) is 1. The molecule has 3 rings (SSSR count). The Bertz CT molecular complexity index is 831. The number of para-hydroxylation sites is 1. The van der Waals surface area contributed by atoms with Crippen LogP contribution in [0.15, 0.2) is 47.0 Å². The summed E-state index contributed by atoms with van der Waals surface area (Å²) in [7, 11) is 0. The van der Waals surface area contributed by atoms with Crippen LogP contribution < -0.4 is 10.5 Å². The number of pyridine rings is 1. The van der Waals surface area contributed by atoms with Crippen molar-refractivity contribution in [1.82, 2.24) is 4.98 Å². The number of aromatic nitrogens is 1. The maximum atomic E-state index is 9.18. The Morgan fingerprint density at radius 1 is 1.33 bits per heavy atom. The Morgan fingerprint density at radius 2 is 2.14 bits per heavy atom. The van der Waals surface area contributed by atoms with Crippen LogP contribution in [0.5, 0.6) is 11.6 Å². The van der Waals surface area contributed by atoms with Crippen LogP contribution in [-0.2, 0) is 0 Å². The van der Waals surface area contributed by atoms with Gasteiger partial charge in [-0.3, -0.25) is 0 Å². The molecule has 2 heterocycles. The Kier molecular flexibility index (Phi) is 3.30. The number of rotatable bonds is 3. The first-order valence-electron chi connectivity index (χ1n) is 6.50. The Hall–Kier alpha value is -2.84. The van der Waals surface area contributed by atoms with Crippen LogP contribution in [0.4, 0.5) is 0 Å². The molecule has 0 fully saturated rings. The first-order chi connectivity index (χ1) is 10.2. The van der Waals surface area contributed by atoms with Gasteiger partial charge in [0.15, 0.2) is 5.75 Å². The number of nitrogens with zero attached hydrogens (tertiary/aromatic N) is 2. The summed E-state index contributed by atoms with van der Waals surface area (Å²) in [6.45, 7) is 1.88. The van der Waals surface area contributed by atoms with E-state index in [1.807, 2.05) is 37.3 Å². The van der Waals surface area contributed by atoms with Gasteiger partial charge in [-0.15, -0.1) is 0 Å². The first-order valence-corrected chi connectivity index (χ1v) is 6.50. The smallest absolute Gasteiger partial charge is 0.247 e. The van der Waals surface area contributed by atoms with E-state index in [2.05, 4.69) is 4.98 Å². The van der Waals surface area contributed by atoms with Crippen LogP contribution in [0.2, 0.25) is 0 Å². The van der Waals surface area contributed by atoms with E-state index in [0.29, 0.717) is 17.2 Å². The fraction of sp³-hybridized carbons (Fsp3) is 0.125. The summed E-state index contributed by atoms with van der Waals surface area (Å²) in [5.74, 6) is 0.888. The van der Waals surface area contributed by atoms with Crippen molar-refractivity contribution in [3.05, 3.63) is 53.9 Å². The first kappa shape index (κ1) is 13.2. The maximum absolute atomic E-state index is 9.18. The van der Waals surface area contributed by atoms with Crippen LogP contribution in [0.1, 0.15) is 24.3 Å². The molecule has 0 aliphatic carbocycles. The normalized spacial score (nSPS) is 12.0.